The summed E-state index contributed by atoms with van der Waals surface area (Å²) >= 11 is 0. The van der Waals surface area contributed by atoms with Crippen LogP contribution in [0.5, 0.6) is 5.75 Å². The summed E-state index contributed by atoms with van der Waals surface area (Å²) in [7, 11) is -1.10. The van der Waals surface area contributed by atoms with E-state index in [4.69, 9.17) is 9.15 Å². The van der Waals surface area contributed by atoms with Gasteiger partial charge in [-0.05, 0) is 61.5 Å². The molecule has 33 heavy (non-hydrogen) atoms. The highest BCUT2D eigenvalue weighted by atomic mass is 32.2. The summed E-state index contributed by atoms with van der Waals surface area (Å²) in [6.45, 7) is 1.61. The molecule has 0 unspecified atom stereocenters. The average Bonchev–Trinajstić information content (AvgIpc) is 3.18. The Balaban J connectivity index is 1.69. The molecule has 0 fully saturated rings. The minimum absolute atomic E-state index is 0.0236. The third-order valence-corrected chi connectivity index (χ3v) is 5.87. The van der Waals surface area contributed by atoms with Crippen molar-refractivity contribution in [2.24, 2.45) is 0 Å². The van der Waals surface area contributed by atoms with Crippen molar-refractivity contribution in [3.05, 3.63) is 77.8 Å². The van der Waals surface area contributed by atoms with Crippen LogP contribution in [-0.4, -0.2) is 34.5 Å². The largest absolute Gasteiger partial charge is 0.497 e. The fourth-order valence-corrected chi connectivity index (χ4v) is 3.96. The van der Waals surface area contributed by atoms with Gasteiger partial charge in [-0.3, -0.25) is 9.52 Å². The van der Waals surface area contributed by atoms with Gasteiger partial charge in [-0.25, -0.2) is 13.2 Å². The van der Waals surface area contributed by atoms with Crippen molar-refractivity contribution in [2.45, 2.75) is 11.8 Å². The lowest BCUT2D eigenvalue weighted by molar-refractivity contribution is -0.111. The number of anilines is 2. The first-order chi connectivity index (χ1) is 15.7. The number of amides is 1. The smallest absolute Gasteiger partial charge is 0.341 e. The monoisotopic (exact) mass is 470 g/mol. The number of carbonyl (C=O) groups excluding carboxylic acids is 2. The number of benzene rings is 2. The Kier molecular flexibility index (Phi) is 7.19. The van der Waals surface area contributed by atoms with Crippen LogP contribution in [0.15, 0.2) is 70.0 Å². The van der Waals surface area contributed by atoms with E-state index in [1.807, 2.05) is 0 Å². The van der Waals surface area contributed by atoms with Crippen LogP contribution in [0.25, 0.3) is 6.08 Å². The molecule has 3 rings (SSSR count). The number of rotatable bonds is 8. The number of ether oxygens (including phenoxy) is 2. The van der Waals surface area contributed by atoms with Gasteiger partial charge in [-0.15, -0.1) is 0 Å². The van der Waals surface area contributed by atoms with Crippen LogP contribution in [0, 0.1) is 6.92 Å². The topological polar surface area (TPSA) is 124 Å². The maximum absolute atomic E-state index is 12.7. The standard InChI is InChI=1S/C23H22N2O7S/c1-15-21(23(27)31-3)14-19(32-15)11-12-22(26)24-17-5-4-6-20(13-17)33(28,29)25-16-7-9-18(30-2)10-8-16/h4-14,25H,1-3H3,(H,24,26)/b12-11+. The predicted molar refractivity (Wildman–Crippen MR) is 123 cm³/mol. The summed E-state index contributed by atoms with van der Waals surface area (Å²) in [6, 6.07) is 13.7. The zero-order valence-electron chi connectivity index (χ0n) is 18.1. The zero-order valence-corrected chi connectivity index (χ0v) is 18.9. The van der Waals surface area contributed by atoms with Crippen LogP contribution < -0.4 is 14.8 Å². The van der Waals surface area contributed by atoms with Gasteiger partial charge in [-0.2, -0.15) is 0 Å². The van der Waals surface area contributed by atoms with Crippen molar-refractivity contribution in [3.63, 3.8) is 0 Å². The highest BCUT2D eigenvalue weighted by molar-refractivity contribution is 7.92. The van der Waals surface area contributed by atoms with E-state index in [1.54, 1.807) is 37.3 Å². The molecule has 0 bridgehead atoms. The Morgan fingerprint density at radius 2 is 1.73 bits per heavy atom. The highest BCUT2D eigenvalue weighted by Crippen LogP contribution is 2.22. The second-order valence-corrected chi connectivity index (χ2v) is 8.48. The van der Waals surface area contributed by atoms with E-state index in [1.165, 1.54) is 50.6 Å². The van der Waals surface area contributed by atoms with Gasteiger partial charge in [0, 0.05) is 17.5 Å². The molecule has 0 saturated heterocycles. The molecule has 0 aliphatic heterocycles. The van der Waals surface area contributed by atoms with Crippen LogP contribution in [-0.2, 0) is 19.6 Å². The Labute approximate surface area is 191 Å². The molecular formula is C23H22N2O7S. The van der Waals surface area contributed by atoms with Crippen LogP contribution >= 0.6 is 0 Å². The number of carbonyl (C=O) groups is 2. The Hall–Kier alpha value is -4.05. The molecule has 0 aliphatic carbocycles. The maximum Gasteiger partial charge on any atom is 0.341 e. The van der Waals surface area contributed by atoms with Crippen molar-refractivity contribution in [3.8, 4) is 5.75 Å². The molecule has 1 aromatic heterocycles. The van der Waals surface area contributed by atoms with E-state index < -0.39 is 21.9 Å². The predicted octanol–water partition coefficient (Wildman–Crippen LogP) is 3.84. The van der Waals surface area contributed by atoms with Gasteiger partial charge in [0.25, 0.3) is 10.0 Å². The molecule has 0 aliphatic rings. The molecule has 2 N–H and O–H groups in total. The van der Waals surface area contributed by atoms with Gasteiger partial charge in [0.1, 0.15) is 22.8 Å². The number of methoxy groups -OCH3 is 2. The van der Waals surface area contributed by atoms with E-state index >= 15 is 0 Å². The van der Waals surface area contributed by atoms with Crippen molar-refractivity contribution < 1.29 is 31.9 Å². The maximum atomic E-state index is 12.7. The van der Waals surface area contributed by atoms with Crippen molar-refractivity contribution in [1.29, 1.82) is 0 Å². The fraction of sp³-hybridized carbons (Fsp3) is 0.130. The number of furan rings is 1. The highest BCUT2D eigenvalue weighted by Gasteiger charge is 2.16. The molecule has 3 aromatic rings. The quantitative estimate of drug-likeness (QED) is 0.379. The molecule has 0 saturated carbocycles. The Bertz CT molecular complexity index is 1290. The number of sulfonamides is 1. The van der Waals surface area contributed by atoms with Gasteiger partial charge in [0.05, 0.1) is 19.1 Å². The number of hydrogen-bond acceptors (Lipinski definition) is 7. The summed E-state index contributed by atoms with van der Waals surface area (Å²) in [5.74, 6) is 0.206. The van der Waals surface area contributed by atoms with Gasteiger partial charge in [-0.1, -0.05) is 6.07 Å². The molecule has 2 aromatic carbocycles. The van der Waals surface area contributed by atoms with Crippen molar-refractivity contribution in [1.82, 2.24) is 0 Å². The van der Waals surface area contributed by atoms with E-state index in [0.717, 1.165) is 0 Å². The molecule has 0 atom stereocenters. The summed E-state index contributed by atoms with van der Waals surface area (Å²) in [5.41, 5.74) is 0.918. The molecule has 0 spiro atoms. The normalized spacial score (nSPS) is 11.2. The zero-order chi connectivity index (χ0) is 24.0. The Morgan fingerprint density at radius 3 is 2.39 bits per heavy atom. The molecule has 172 valence electrons. The van der Waals surface area contributed by atoms with Crippen LogP contribution in [0.4, 0.5) is 11.4 Å². The van der Waals surface area contributed by atoms with Gasteiger partial charge < -0.3 is 19.2 Å². The summed E-state index contributed by atoms with van der Waals surface area (Å²) in [4.78, 5) is 23.9. The lowest BCUT2D eigenvalue weighted by Crippen LogP contribution is -2.14. The lowest BCUT2D eigenvalue weighted by atomic mass is 10.2. The number of nitrogens with one attached hydrogen (secondary N) is 2. The van der Waals surface area contributed by atoms with Crippen LogP contribution in [0.1, 0.15) is 21.9 Å². The molecule has 10 heteroatoms. The summed E-state index contributed by atoms with van der Waals surface area (Å²) in [6.07, 6.45) is 2.59. The first-order valence-corrected chi connectivity index (χ1v) is 11.1. The van der Waals surface area contributed by atoms with Crippen molar-refractivity contribution >= 4 is 39.4 Å². The molecule has 1 amide bonds. The van der Waals surface area contributed by atoms with E-state index in [2.05, 4.69) is 14.8 Å². The fourth-order valence-electron chi connectivity index (χ4n) is 2.86. The second-order valence-electron chi connectivity index (χ2n) is 6.79. The van der Waals surface area contributed by atoms with E-state index in [-0.39, 0.29) is 16.1 Å². The number of aryl methyl sites for hydroxylation is 1. The number of hydrogen-bond donors (Lipinski definition) is 2. The van der Waals surface area contributed by atoms with E-state index in [0.29, 0.717) is 23.0 Å². The molecule has 0 radical (unpaired) electrons. The van der Waals surface area contributed by atoms with Gasteiger partial charge in [0.2, 0.25) is 5.91 Å². The third kappa shape index (κ3) is 6.01. The molecular weight excluding hydrogens is 448 g/mol. The first-order valence-electron chi connectivity index (χ1n) is 9.66. The average molecular weight is 471 g/mol. The van der Waals surface area contributed by atoms with Gasteiger partial charge >= 0.3 is 5.97 Å². The second kappa shape index (κ2) is 10.0. The minimum atomic E-state index is -3.88. The first kappa shape index (κ1) is 23.6. The minimum Gasteiger partial charge on any atom is -0.497 e. The SMILES string of the molecule is COC(=O)c1cc(/C=C/C(=O)Nc2cccc(S(=O)(=O)Nc3ccc(OC)cc3)c2)oc1C. The van der Waals surface area contributed by atoms with E-state index in [9.17, 15) is 18.0 Å². The van der Waals surface area contributed by atoms with Gasteiger partial charge in [0.15, 0.2) is 0 Å². The third-order valence-electron chi connectivity index (χ3n) is 4.50. The lowest BCUT2D eigenvalue weighted by Gasteiger charge is -2.10. The van der Waals surface area contributed by atoms with Crippen LogP contribution in [0.2, 0.25) is 0 Å². The Morgan fingerprint density at radius 1 is 1.00 bits per heavy atom. The van der Waals surface area contributed by atoms with Crippen LogP contribution in [0.3, 0.4) is 0 Å². The number of esters is 1. The molecule has 9 nitrogen and oxygen atoms in total. The molecule has 1 heterocycles. The summed E-state index contributed by atoms with van der Waals surface area (Å²) < 4.78 is 43.0. The summed E-state index contributed by atoms with van der Waals surface area (Å²) in [5, 5.41) is 2.59. The van der Waals surface area contributed by atoms with Crippen molar-refractivity contribution in [2.75, 3.05) is 24.3 Å².